The molecule has 1 N–H and O–H groups in total. The molecule has 0 spiro atoms. The number of aliphatic hydroxyl groups excluding tert-OH is 1. The molecular weight excluding hydrogens is 441 g/mol. The van der Waals surface area contributed by atoms with E-state index in [0.717, 1.165) is 0 Å². The van der Waals surface area contributed by atoms with Gasteiger partial charge in [-0.1, -0.05) is 0 Å². The maximum absolute atomic E-state index is 8.86. The molecule has 0 bridgehead atoms. The van der Waals surface area contributed by atoms with Gasteiger partial charge in [0.1, 0.15) is 0 Å². The summed E-state index contributed by atoms with van der Waals surface area (Å²) in [6.07, 6.45) is 3.99. The first kappa shape index (κ1) is 13.4. The number of allylic oxidation sites excluding steroid dienone is 1. The molecule has 0 aliphatic heterocycles. The van der Waals surface area contributed by atoms with E-state index in [1.54, 1.807) is 0 Å². The van der Waals surface area contributed by atoms with Gasteiger partial charge in [-0.05, 0) is 0 Å². The predicted molar refractivity (Wildman–Crippen MR) is 63.8 cm³/mol. The molecule has 0 saturated heterocycles. The quantitative estimate of drug-likeness (QED) is 0.534. The molecule has 0 aliphatic carbocycles. The molecule has 1 atom stereocenters. The van der Waals surface area contributed by atoms with Gasteiger partial charge in [-0.3, -0.25) is 0 Å². The molecule has 1 unspecified atom stereocenters. The summed E-state index contributed by atoms with van der Waals surface area (Å²) >= 11 is 2.84. The minimum absolute atomic E-state index is 0.106. The number of halogens is 1. The number of hydrogen-bond donors (Lipinski definition) is 1. The number of benzene rings is 1. The van der Waals surface area contributed by atoms with Crippen molar-refractivity contribution in [2.75, 3.05) is 6.61 Å². The molecule has 0 heterocycles. The van der Waals surface area contributed by atoms with Gasteiger partial charge in [-0.15, -0.1) is 0 Å². The van der Waals surface area contributed by atoms with Crippen molar-refractivity contribution in [3.05, 3.63) is 48.0 Å². The second kappa shape index (κ2) is 6.82. The van der Waals surface area contributed by atoms with E-state index in [1.165, 1.54) is 9.49 Å². The summed E-state index contributed by atoms with van der Waals surface area (Å²) in [5, 5.41) is 8.86. The zero-order valence-corrected chi connectivity index (χ0v) is 16.1. The van der Waals surface area contributed by atoms with Crippen LogP contribution in [0, 0.1) is 0 Å². The van der Waals surface area contributed by atoms with Crippen molar-refractivity contribution >= 4 is 11.9 Å². The van der Waals surface area contributed by atoms with Crippen LogP contribution in [-0.2, 0) is 27.6 Å². The third-order valence-corrected chi connectivity index (χ3v) is 10.9. The van der Waals surface area contributed by atoms with Crippen molar-refractivity contribution in [2.45, 2.75) is 16.3 Å². The average molecular weight is 456 g/mol. The number of aliphatic hydroxyl groups is 1. The summed E-state index contributed by atoms with van der Waals surface area (Å²) in [6, 6.07) is 10.5. The Labute approximate surface area is 109 Å². The third kappa shape index (κ3) is 4.01. The van der Waals surface area contributed by atoms with Gasteiger partial charge >= 0.3 is 110 Å². The van der Waals surface area contributed by atoms with Crippen LogP contribution in [0.5, 0.6) is 0 Å². The third-order valence-electron chi connectivity index (χ3n) is 2.64. The van der Waals surface area contributed by atoms with Crippen LogP contribution in [0.4, 0.5) is 0 Å². The van der Waals surface area contributed by atoms with Crippen LogP contribution in [-0.4, -0.2) is 11.7 Å². The minimum atomic E-state index is -0.863. The molecule has 1 aromatic carbocycles. The van der Waals surface area contributed by atoms with Crippen molar-refractivity contribution in [2.24, 2.45) is 0 Å². The van der Waals surface area contributed by atoms with Gasteiger partial charge in [0.25, 0.3) is 0 Å². The molecular formula is C12H15BrHgO. The van der Waals surface area contributed by atoms with Gasteiger partial charge in [-0.2, -0.15) is 0 Å². The standard InChI is InChI=1S/C12H15O.BrH.Hg/c1-12(2,9-6-10-13)11-7-4-3-5-8-11;;/h3-9,13H,1,10H2,2H3;1H;/q;;+1/p-1/b9-6+;;. The van der Waals surface area contributed by atoms with Gasteiger partial charge in [-0.25, -0.2) is 0 Å². The van der Waals surface area contributed by atoms with Crippen LogP contribution in [0.1, 0.15) is 12.5 Å². The molecule has 3 heteroatoms. The molecule has 0 aliphatic rings. The number of hydrogen-bond acceptors (Lipinski definition) is 1. The van der Waals surface area contributed by atoms with E-state index in [9.17, 15) is 0 Å². The second-order valence-corrected chi connectivity index (χ2v) is 14.2. The van der Waals surface area contributed by atoms with Gasteiger partial charge < -0.3 is 0 Å². The van der Waals surface area contributed by atoms with E-state index in [1.807, 2.05) is 12.1 Å². The fraction of sp³-hybridized carbons (Fsp3) is 0.333. The second-order valence-electron chi connectivity index (χ2n) is 3.81. The Kier molecular flexibility index (Phi) is 6.09. The zero-order chi connectivity index (χ0) is 11.1. The molecule has 78 valence electrons. The van der Waals surface area contributed by atoms with Crippen molar-refractivity contribution in [1.29, 1.82) is 0 Å². The van der Waals surface area contributed by atoms with E-state index in [2.05, 4.69) is 49.2 Å². The van der Waals surface area contributed by atoms with Gasteiger partial charge in [0.2, 0.25) is 0 Å². The van der Waals surface area contributed by atoms with Crippen LogP contribution in [0.25, 0.3) is 0 Å². The molecule has 0 fully saturated rings. The Hall–Kier alpha value is 0.335. The Morgan fingerprint density at radius 2 is 2.07 bits per heavy atom. The summed E-state index contributed by atoms with van der Waals surface area (Å²) in [4.78, 5) is 0. The van der Waals surface area contributed by atoms with Crippen LogP contribution in [0.3, 0.4) is 0 Å². The van der Waals surface area contributed by atoms with Crippen LogP contribution < -0.4 is 0 Å². The van der Waals surface area contributed by atoms with E-state index < -0.39 is 22.1 Å². The van der Waals surface area contributed by atoms with Crippen molar-refractivity contribution in [1.82, 2.24) is 0 Å². The topological polar surface area (TPSA) is 20.2 Å². The van der Waals surface area contributed by atoms with Crippen molar-refractivity contribution in [3.63, 3.8) is 0 Å². The SMILES string of the molecule is CC(/C=C/CO)([CH2][Hg][Br])c1ccccc1. The maximum atomic E-state index is 8.86. The Morgan fingerprint density at radius 3 is 2.60 bits per heavy atom. The van der Waals surface area contributed by atoms with Gasteiger partial charge in [0.05, 0.1) is 0 Å². The van der Waals surface area contributed by atoms with Crippen LogP contribution >= 0.6 is 11.9 Å². The molecule has 0 saturated carbocycles. The van der Waals surface area contributed by atoms with Gasteiger partial charge in [0, 0.05) is 0 Å². The molecule has 0 aromatic heterocycles. The normalized spacial score (nSPS) is 14.9. The van der Waals surface area contributed by atoms with Gasteiger partial charge in [0.15, 0.2) is 0 Å². The fourth-order valence-electron chi connectivity index (χ4n) is 1.65. The summed E-state index contributed by atoms with van der Waals surface area (Å²) < 4.78 is 1.24. The first-order valence-corrected chi connectivity index (χ1v) is 20.9. The van der Waals surface area contributed by atoms with E-state index in [-0.39, 0.29) is 12.0 Å². The van der Waals surface area contributed by atoms with E-state index in [0.29, 0.717) is 0 Å². The molecule has 15 heavy (non-hydrogen) atoms. The molecule has 1 aromatic rings. The first-order valence-electron chi connectivity index (χ1n) is 5.13. The zero-order valence-electron chi connectivity index (χ0n) is 8.99. The first-order chi connectivity index (χ1) is 7.23. The molecule has 0 radical (unpaired) electrons. The van der Waals surface area contributed by atoms with Crippen LogP contribution in [0.15, 0.2) is 42.5 Å². The Morgan fingerprint density at radius 1 is 1.40 bits per heavy atom. The van der Waals surface area contributed by atoms with E-state index >= 15 is 0 Å². The fourth-order valence-corrected chi connectivity index (χ4v) is 12.2. The molecule has 0 amide bonds. The van der Waals surface area contributed by atoms with Crippen LogP contribution in [0.2, 0.25) is 3.93 Å². The van der Waals surface area contributed by atoms with Crippen molar-refractivity contribution in [3.8, 4) is 0 Å². The van der Waals surface area contributed by atoms with E-state index in [4.69, 9.17) is 5.11 Å². The Balaban J connectivity index is 2.95. The summed E-state index contributed by atoms with van der Waals surface area (Å²) in [6.45, 7) is 2.37. The monoisotopic (exact) mass is 456 g/mol. The summed E-state index contributed by atoms with van der Waals surface area (Å²) in [5.74, 6) is 0. The average Bonchev–Trinajstić information content (AvgIpc) is 2.28. The summed E-state index contributed by atoms with van der Waals surface area (Å²) in [5.41, 5.74) is 1.45. The Bertz CT molecular complexity index is 313. The summed E-state index contributed by atoms with van der Waals surface area (Å²) in [7, 11) is 0. The predicted octanol–water partition coefficient (Wildman–Crippen LogP) is 3.30. The van der Waals surface area contributed by atoms with Crippen molar-refractivity contribution < 1.29 is 27.3 Å². The molecule has 1 rings (SSSR count). The molecule has 1 nitrogen and oxygen atoms in total. The number of rotatable bonds is 5.